The molecule has 1 saturated heterocycles. The second-order valence-corrected chi connectivity index (χ2v) is 6.27. The van der Waals surface area contributed by atoms with E-state index in [1.807, 2.05) is 41.3 Å². The van der Waals surface area contributed by atoms with E-state index in [0.717, 1.165) is 31.6 Å². The van der Waals surface area contributed by atoms with Gasteiger partial charge in [-0.05, 0) is 31.4 Å². The molecule has 3 heterocycles. The van der Waals surface area contributed by atoms with Crippen molar-refractivity contribution in [3.63, 3.8) is 0 Å². The van der Waals surface area contributed by atoms with Crippen LogP contribution in [0.25, 0.3) is 5.82 Å². The number of piperidine rings is 1. The number of para-hydroxylation sites is 1. The number of carbonyl (C=O) groups excluding carboxylic acids is 1. The monoisotopic (exact) mass is 348 g/mol. The van der Waals surface area contributed by atoms with Crippen LogP contribution in [0.15, 0.2) is 55.2 Å². The molecule has 0 bridgehead atoms. The summed E-state index contributed by atoms with van der Waals surface area (Å²) >= 11 is 0. The number of benzene rings is 1. The van der Waals surface area contributed by atoms with Crippen LogP contribution in [0, 0.1) is 0 Å². The van der Waals surface area contributed by atoms with Gasteiger partial charge in [-0.2, -0.15) is 0 Å². The van der Waals surface area contributed by atoms with E-state index in [9.17, 15) is 4.79 Å². The van der Waals surface area contributed by atoms with Crippen molar-refractivity contribution in [2.75, 3.05) is 18.4 Å². The van der Waals surface area contributed by atoms with Crippen LogP contribution in [0.4, 0.5) is 11.5 Å². The van der Waals surface area contributed by atoms with Crippen molar-refractivity contribution in [3.05, 3.63) is 60.9 Å². The van der Waals surface area contributed by atoms with E-state index in [0.29, 0.717) is 17.3 Å². The summed E-state index contributed by atoms with van der Waals surface area (Å²) in [5.74, 6) is 1.32. The molecule has 0 unspecified atom stereocenters. The van der Waals surface area contributed by atoms with Gasteiger partial charge in [-0.1, -0.05) is 18.2 Å². The summed E-state index contributed by atoms with van der Waals surface area (Å²) in [4.78, 5) is 27.2. The number of amides is 1. The molecular formula is C19H20N6O. The highest BCUT2D eigenvalue weighted by Crippen LogP contribution is 2.17. The molecule has 1 amide bonds. The van der Waals surface area contributed by atoms with Crippen molar-refractivity contribution in [3.8, 4) is 5.82 Å². The summed E-state index contributed by atoms with van der Waals surface area (Å²) in [6.07, 6.45) is 8.15. The summed E-state index contributed by atoms with van der Waals surface area (Å²) in [7, 11) is 0. The number of anilines is 2. The Kier molecular flexibility index (Phi) is 4.59. The highest BCUT2D eigenvalue weighted by atomic mass is 16.2. The molecule has 1 aliphatic heterocycles. The van der Waals surface area contributed by atoms with E-state index in [-0.39, 0.29) is 5.91 Å². The van der Waals surface area contributed by atoms with Gasteiger partial charge in [-0.3, -0.25) is 9.36 Å². The minimum absolute atomic E-state index is 0.0138. The Bertz CT molecular complexity index is 886. The number of likely N-dealkylation sites (tertiary alicyclic amines) is 1. The van der Waals surface area contributed by atoms with Crippen LogP contribution in [-0.4, -0.2) is 43.4 Å². The molecule has 0 radical (unpaired) electrons. The molecule has 0 saturated carbocycles. The second-order valence-electron chi connectivity index (χ2n) is 6.27. The summed E-state index contributed by atoms with van der Waals surface area (Å²) in [5.41, 5.74) is 1.40. The highest BCUT2D eigenvalue weighted by molar-refractivity contribution is 5.92. The van der Waals surface area contributed by atoms with Crippen molar-refractivity contribution in [2.24, 2.45) is 0 Å². The van der Waals surface area contributed by atoms with Crippen LogP contribution >= 0.6 is 0 Å². The average molecular weight is 348 g/mol. The Morgan fingerprint density at radius 2 is 1.81 bits per heavy atom. The third kappa shape index (κ3) is 3.56. The maximum Gasteiger partial charge on any atom is 0.274 e. The van der Waals surface area contributed by atoms with E-state index >= 15 is 0 Å². The van der Waals surface area contributed by atoms with Gasteiger partial charge in [0.15, 0.2) is 0 Å². The normalized spacial score (nSPS) is 14.2. The summed E-state index contributed by atoms with van der Waals surface area (Å²) in [6, 6.07) is 11.6. The van der Waals surface area contributed by atoms with E-state index in [2.05, 4.69) is 20.3 Å². The van der Waals surface area contributed by atoms with Crippen molar-refractivity contribution in [1.82, 2.24) is 24.4 Å². The van der Waals surface area contributed by atoms with Gasteiger partial charge < -0.3 is 10.2 Å². The first-order valence-electron chi connectivity index (χ1n) is 8.77. The number of imidazole rings is 1. The van der Waals surface area contributed by atoms with Gasteiger partial charge in [0.25, 0.3) is 5.91 Å². The van der Waals surface area contributed by atoms with Crippen molar-refractivity contribution in [2.45, 2.75) is 19.3 Å². The predicted octanol–water partition coefficient (Wildman–Crippen LogP) is 3.03. The predicted molar refractivity (Wildman–Crippen MR) is 98.6 cm³/mol. The molecule has 132 valence electrons. The molecule has 4 rings (SSSR count). The Hall–Kier alpha value is -3.22. The zero-order valence-corrected chi connectivity index (χ0v) is 14.4. The number of nitrogens with one attached hydrogen (secondary N) is 1. The highest BCUT2D eigenvalue weighted by Gasteiger charge is 2.20. The first kappa shape index (κ1) is 16.3. The number of aromatic nitrogens is 4. The minimum atomic E-state index is -0.0138. The largest absolute Gasteiger partial charge is 0.340 e. The molecule has 1 aliphatic rings. The maximum atomic E-state index is 12.6. The summed E-state index contributed by atoms with van der Waals surface area (Å²) < 4.78 is 1.75. The number of hydrogen-bond donors (Lipinski definition) is 1. The third-order valence-corrected chi connectivity index (χ3v) is 4.41. The van der Waals surface area contributed by atoms with E-state index in [1.54, 1.807) is 17.1 Å². The molecular weight excluding hydrogens is 328 g/mol. The fraction of sp³-hybridized carbons (Fsp3) is 0.263. The van der Waals surface area contributed by atoms with Crippen LogP contribution in [0.3, 0.4) is 0 Å². The SMILES string of the molecule is O=C(c1cn(-c2cc(Nc3ccccc3)ncn2)cn1)N1CCCCC1. The van der Waals surface area contributed by atoms with E-state index in [4.69, 9.17) is 0 Å². The van der Waals surface area contributed by atoms with Crippen LogP contribution in [0.2, 0.25) is 0 Å². The van der Waals surface area contributed by atoms with E-state index in [1.165, 1.54) is 12.7 Å². The quantitative estimate of drug-likeness (QED) is 0.784. The summed E-state index contributed by atoms with van der Waals surface area (Å²) in [5, 5.41) is 3.24. The maximum absolute atomic E-state index is 12.6. The van der Waals surface area contributed by atoms with Crippen LogP contribution in [0.5, 0.6) is 0 Å². The number of hydrogen-bond acceptors (Lipinski definition) is 5. The molecule has 1 fully saturated rings. The zero-order valence-electron chi connectivity index (χ0n) is 14.4. The molecule has 1 N–H and O–H groups in total. The average Bonchev–Trinajstić information content (AvgIpc) is 3.19. The van der Waals surface area contributed by atoms with Gasteiger partial charge >= 0.3 is 0 Å². The molecule has 7 nitrogen and oxygen atoms in total. The van der Waals surface area contributed by atoms with Gasteiger partial charge in [0, 0.05) is 31.0 Å². The summed E-state index contributed by atoms with van der Waals surface area (Å²) in [6.45, 7) is 1.62. The number of carbonyl (C=O) groups is 1. The molecule has 26 heavy (non-hydrogen) atoms. The van der Waals surface area contributed by atoms with Gasteiger partial charge in [-0.15, -0.1) is 0 Å². The lowest BCUT2D eigenvalue weighted by atomic mass is 10.1. The zero-order chi connectivity index (χ0) is 17.8. The first-order chi connectivity index (χ1) is 12.8. The Morgan fingerprint density at radius 3 is 2.62 bits per heavy atom. The van der Waals surface area contributed by atoms with Gasteiger partial charge in [-0.25, -0.2) is 15.0 Å². The Labute approximate surface area is 151 Å². The van der Waals surface area contributed by atoms with Gasteiger partial charge in [0.2, 0.25) is 0 Å². The minimum Gasteiger partial charge on any atom is -0.340 e. The van der Waals surface area contributed by atoms with Crippen molar-refractivity contribution in [1.29, 1.82) is 0 Å². The van der Waals surface area contributed by atoms with Gasteiger partial charge in [0.1, 0.15) is 30.0 Å². The lowest BCUT2D eigenvalue weighted by molar-refractivity contribution is 0.0719. The number of rotatable bonds is 4. The van der Waals surface area contributed by atoms with Gasteiger partial charge in [0.05, 0.1) is 0 Å². The van der Waals surface area contributed by atoms with Crippen LogP contribution in [0.1, 0.15) is 29.8 Å². The van der Waals surface area contributed by atoms with E-state index < -0.39 is 0 Å². The topological polar surface area (TPSA) is 75.9 Å². The lowest BCUT2D eigenvalue weighted by Gasteiger charge is -2.25. The molecule has 1 aromatic carbocycles. The third-order valence-electron chi connectivity index (χ3n) is 4.41. The standard InChI is InChI=1S/C19H20N6O/c26-19(24-9-5-2-6-10-24)16-12-25(14-22-16)18-11-17(20-13-21-18)23-15-7-3-1-4-8-15/h1,3-4,7-8,11-14H,2,5-6,9-10H2,(H,20,21,23). The molecule has 2 aromatic heterocycles. The van der Waals surface area contributed by atoms with Crippen LogP contribution in [-0.2, 0) is 0 Å². The first-order valence-corrected chi connectivity index (χ1v) is 8.77. The molecule has 0 atom stereocenters. The fourth-order valence-corrected chi connectivity index (χ4v) is 3.04. The van der Waals surface area contributed by atoms with Crippen molar-refractivity contribution < 1.29 is 4.79 Å². The molecule has 0 spiro atoms. The second kappa shape index (κ2) is 7.35. The smallest absolute Gasteiger partial charge is 0.274 e. The molecule has 0 aliphatic carbocycles. The lowest BCUT2D eigenvalue weighted by Crippen LogP contribution is -2.35. The van der Waals surface area contributed by atoms with Crippen LogP contribution < -0.4 is 5.32 Å². The van der Waals surface area contributed by atoms with Crippen molar-refractivity contribution >= 4 is 17.4 Å². The Morgan fingerprint density at radius 1 is 1.00 bits per heavy atom. The fourth-order valence-electron chi connectivity index (χ4n) is 3.04. The Balaban J connectivity index is 1.52. The molecule has 7 heteroatoms. The molecule has 3 aromatic rings. The number of nitrogens with zero attached hydrogens (tertiary/aromatic N) is 5.